The van der Waals surface area contributed by atoms with Crippen molar-refractivity contribution < 1.29 is 4.79 Å². The van der Waals surface area contributed by atoms with Crippen LogP contribution in [0, 0.1) is 5.92 Å². The summed E-state index contributed by atoms with van der Waals surface area (Å²) in [4.78, 5) is 16.3. The molecule has 0 aliphatic carbocycles. The third-order valence-electron chi connectivity index (χ3n) is 4.72. The Morgan fingerprint density at radius 1 is 1.43 bits per heavy atom. The van der Waals surface area contributed by atoms with E-state index < -0.39 is 0 Å². The summed E-state index contributed by atoms with van der Waals surface area (Å²) >= 11 is 1.85. The first-order valence-electron chi connectivity index (χ1n) is 7.86. The molecule has 0 spiro atoms. The van der Waals surface area contributed by atoms with Crippen LogP contribution in [0.25, 0.3) is 0 Å². The standard InChI is InChI=1S/C16H24N2OS.ClH/c1-2-14-13-6-10-20-15(13)5-9-18(14)16(19)11-12-3-7-17-8-4-12;/h6,10,12,14,17H,2-5,7-9,11H2,1H3;1H. The fourth-order valence-electron chi connectivity index (χ4n) is 3.59. The van der Waals surface area contributed by atoms with Crippen LogP contribution in [0.1, 0.15) is 49.1 Å². The van der Waals surface area contributed by atoms with Crippen molar-refractivity contribution in [2.45, 2.75) is 45.1 Å². The van der Waals surface area contributed by atoms with Crippen molar-refractivity contribution in [3.05, 3.63) is 21.9 Å². The molecule has 0 aromatic carbocycles. The molecule has 1 atom stereocenters. The van der Waals surface area contributed by atoms with Crippen LogP contribution in [0.5, 0.6) is 0 Å². The van der Waals surface area contributed by atoms with E-state index in [1.165, 1.54) is 10.4 Å². The van der Waals surface area contributed by atoms with Crippen molar-refractivity contribution in [2.75, 3.05) is 19.6 Å². The molecule has 3 heterocycles. The first kappa shape index (κ1) is 16.8. The van der Waals surface area contributed by atoms with E-state index in [0.29, 0.717) is 17.9 Å². The maximum atomic E-state index is 12.7. The van der Waals surface area contributed by atoms with E-state index in [0.717, 1.165) is 51.7 Å². The molecule has 1 aromatic heterocycles. The summed E-state index contributed by atoms with van der Waals surface area (Å²) in [5, 5.41) is 5.55. The minimum Gasteiger partial charge on any atom is -0.335 e. The number of hydrogen-bond acceptors (Lipinski definition) is 3. The summed E-state index contributed by atoms with van der Waals surface area (Å²) in [6.45, 7) is 5.26. The molecule has 1 unspecified atom stereocenters. The average molecular weight is 329 g/mol. The summed E-state index contributed by atoms with van der Waals surface area (Å²) in [6.07, 6.45) is 5.13. The quantitative estimate of drug-likeness (QED) is 0.922. The fraction of sp³-hybridized carbons (Fsp3) is 0.688. The lowest BCUT2D eigenvalue weighted by Gasteiger charge is -2.36. The van der Waals surface area contributed by atoms with E-state index in [9.17, 15) is 4.79 Å². The molecular formula is C16H25ClN2OS. The Morgan fingerprint density at radius 3 is 2.90 bits per heavy atom. The highest BCUT2D eigenvalue weighted by molar-refractivity contribution is 7.10. The van der Waals surface area contributed by atoms with Gasteiger partial charge in [-0.1, -0.05) is 6.92 Å². The first-order chi connectivity index (χ1) is 9.79. The molecule has 21 heavy (non-hydrogen) atoms. The number of piperidine rings is 1. The Morgan fingerprint density at radius 2 is 2.19 bits per heavy atom. The van der Waals surface area contributed by atoms with Crippen LogP contribution in [-0.4, -0.2) is 30.4 Å². The Hall–Kier alpha value is -0.580. The van der Waals surface area contributed by atoms with E-state index in [1.807, 2.05) is 11.3 Å². The van der Waals surface area contributed by atoms with Crippen molar-refractivity contribution in [2.24, 2.45) is 5.92 Å². The summed E-state index contributed by atoms with van der Waals surface area (Å²) in [5.74, 6) is 0.964. The highest BCUT2D eigenvalue weighted by Crippen LogP contribution is 2.36. The molecule has 2 aliphatic heterocycles. The van der Waals surface area contributed by atoms with E-state index in [2.05, 4.69) is 28.6 Å². The third-order valence-corrected chi connectivity index (χ3v) is 5.72. The highest BCUT2D eigenvalue weighted by Gasteiger charge is 2.31. The van der Waals surface area contributed by atoms with Crippen LogP contribution in [0.15, 0.2) is 11.4 Å². The molecule has 1 aromatic rings. The zero-order valence-electron chi connectivity index (χ0n) is 12.6. The van der Waals surface area contributed by atoms with Gasteiger partial charge in [0.2, 0.25) is 5.91 Å². The van der Waals surface area contributed by atoms with Crippen molar-refractivity contribution in [1.82, 2.24) is 10.2 Å². The minimum atomic E-state index is 0. The number of nitrogens with one attached hydrogen (secondary N) is 1. The Kier molecular flexibility index (Phi) is 6.08. The van der Waals surface area contributed by atoms with Gasteiger partial charge in [-0.05, 0) is 61.7 Å². The summed E-state index contributed by atoms with van der Waals surface area (Å²) < 4.78 is 0. The second kappa shape index (κ2) is 7.61. The molecule has 5 heteroatoms. The summed E-state index contributed by atoms with van der Waals surface area (Å²) in [6, 6.07) is 2.54. The third kappa shape index (κ3) is 3.61. The van der Waals surface area contributed by atoms with Crippen LogP contribution < -0.4 is 5.32 Å². The van der Waals surface area contributed by atoms with Crippen LogP contribution >= 0.6 is 23.7 Å². The number of nitrogens with zero attached hydrogens (tertiary/aromatic N) is 1. The molecule has 1 saturated heterocycles. The summed E-state index contributed by atoms with van der Waals surface area (Å²) in [5.41, 5.74) is 1.41. The monoisotopic (exact) mass is 328 g/mol. The van der Waals surface area contributed by atoms with Gasteiger partial charge in [0.25, 0.3) is 0 Å². The Bertz CT molecular complexity index is 471. The number of carbonyl (C=O) groups excluding carboxylic acids is 1. The largest absolute Gasteiger partial charge is 0.335 e. The van der Waals surface area contributed by atoms with Gasteiger partial charge in [0.1, 0.15) is 0 Å². The SMILES string of the molecule is CCC1c2ccsc2CCN1C(=O)CC1CCNCC1.Cl. The number of fused-ring (bicyclic) bond motifs is 1. The second-order valence-electron chi connectivity index (χ2n) is 5.96. The van der Waals surface area contributed by atoms with Gasteiger partial charge in [-0.15, -0.1) is 23.7 Å². The van der Waals surface area contributed by atoms with Gasteiger partial charge in [-0.3, -0.25) is 4.79 Å². The maximum Gasteiger partial charge on any atom is 0.223 e. The molecule has 118 valence electrons. The molecule has 3 nitrogen and oxygen atoms in total. The fourth-order valence-corrected chi connectivity index (χ4v) is 4.51. The van der Waals surface area contributed by atoms with Gasteiger partial charge in [-0.2, -0.15) is 0 Å². The number of carbonyl (C=O) groups is 1. The lowest BCUT2D eigenvalue weighted by Crippen LogP contribution is -2.41. The van der Waals surface area contributed by atoms with Gasteiger partial charge in [0.05, 0.1) is 6.04 Å². The van der Waals surface area contributed by atoms with Crippen LogP contribution in [0.2, 0.25) is 0 Å². The van der Waals surface area contributed by atoms with Gasteiger partial charge >= 0.3 is 0 Å². The zero-order chi connectivity index (χ0) is 13.9. The van der Waals surface area contributed by atoms with Gasteiger partial charge < -0.3 is 10.2 Å². The predicted molar refractivity (Wildman–Crippen MR) is 90.2 cm³/mol. The Balaban J connectivity index is 0.00000161. The van der Waals surface area contributed by atoms with E-state index in [1.54, 1.807) is 0 Å². The van der Waals surface area contributed by atoms with E-state index in [4.69, 9.17) is 0 Å². The number of amides is 1. The van der Waals surface area contributed by atoms with E-state index >= 15 is 0 Å². The van der Waals surface area contributed by atoms with Crippen molar-refractivity contribution >= 4 is 29.7 Å². The number of rotatable bonds is 3. The molecule has 0 radical (unpaired) electrons. The molecule has 0 bridgehead atoms. The van der Waals surface area contributed by atoms with Crippen LogP contribution in [-0.2, 0) is 11.2 Å². The van der Waals surface area contributed by atoms with Crippen LogP contribution in [0.4, 0.5) is 0 Å². The molecular weight excluding hydrogens is 304 g/mol. The number of halogens is 1. The smallest absolute Gasteiger partial charge is 0.223 e. The first-order valence-corrected chi connectivity index (χ1v) is 8.74. The zero-order valence-corrected chi connectivity index (χ0v) is 14.3. The molecule has 2 aliphatic rings. The lowest BCUT2D eigenvalue weighted by atomic mass is 9.92. The van der Waals surface area contributed by atoms with Crippen molar-refractivity contribution in [3.63, 3.8) is 0 Å². The van der Waals surface area contributed by atoms with E-state index in [-0.39, 0.29) is 12.4 Å². The lowest BCUT2D eigenvalue weighted by molar-refractivity contribution is -0.135. The van der Waals surface area contributed by atoms with Gasteiger partial charge in [0.15, 0.2) is 0 Å². The predicted octanol–water partition coefficient (Wildman–Crippen LogP) is 3.40. The van der Waals surface area contributed by atoms with Gasteiger partial charge in [-0.25, -0.2) is 0 Å². The van der Waals surface area contributed by atoms with Gasteiger partial charge in [0, 0.05) is 17.8 Å². The minimum absolute atomic E-state index is 0. The van der Waals surface area contributed by atoms with Crippen LogP contribution in [0.3, 0.4) is 0 Å². The van der Waals surface area contributed by atoms with Crippen molar-refractivity contribution in [1.29, 1.82) is 0 Å². The normalized spacial score (nSPS) is 22.5. The summed E-state index contributed by atoms with van der Waals surface area (Å²) in [7, 11) is 0. The molecule has 1 amide bonds. The highest BCUT2D eigenvalue weighted by atomic mass is 35.5. The number of thiophene rings is 1. The molecule has 3 rings (SSSR count). The number of hydrogen-bond donors (Lipinski definition) is 1. The average Bonchev–Trinajstić information content (AvgIpc) is 2.95. The Labute approximate surface area is 137 Å². The molecule has 0 saturated carbocycles. The molecule has 1 fully saturated rings. The van der Waals surface area contributed by atoms with Crippen molar-refractivity contribution in [3.8, 4) is 0 Å². The topological polar surface area (TPSA) is 32.3 Å². The maximum absolute atomic E-state index is 12.7. The second-order valence-corrected chi connectivity index (χ2v) is 6.96. The molecule has 1 N–H and O–H groups in total.